The van der Waals surface area contributed by atoms with Gasteiger partial charge in [-0.15, -0.1) is 0 Å². The first-order valence-corrected chi connectivity index (χ1v) is 7.03. The smallest absolute Gasteiger partial charge is 0.248 e. The van der Waals surface area contributed by atoms with Crippen LogP contribution in [0.15, 0.2) is 53.2 Å². The fourth-order valence-electron chi connectivity index (χ4n) is 1.70. The van der Waals surface area contributed by atoms with Crippen molar-refractivity contribution in [1.82, 2.24) is 0 Å². The summed E-state index contributed by atoms with van der Waals surface area (Å²) in [5, 5.41) is 2.78. The van der Waals surface area contributed by atoms with Crippen molar-refractivity contribution in [2.24, 2.45) is 0 Å². The number of unbranched alkanes of at least 4 members (excludes halogenated alkanes) is 1. The lowest BCUT2D eigenvalue weighted by Gasteiger charge is -2.06. The monoisotopic (exact) mass is 285 g/mol. The first-order chi connectivity index (χ1) is 10.3. The molecule has 1 amide bonds. The Morgan fingerprint density at radius 1 is 1.29 bits per heavy atom. The van der Waals surface area contributed by atoms with Crippen LogP contribution in [0.1, 0.15) is 25.5 Å². The number of hydrogen-bond donors (Lipinski definition) is 1. The van der Waals surface area contributed by atoms with Gasteiger partial charge in [0.15, 0.2) is 0 Å². The molecule has 0 aliphatic heterocycles. The van der Waals surface area contributed by atoms with Gasteiger partial charge in [-0.3, -0.25) is 4.79 Å². The zero-order valence-electron chi connectivity index (χ0n) is 12.0. The first-order valence-electron chi connectivity index (χ1n) is 7.03. The largest absolute Gasteiger partial charge is 0.494 e. The fraction of sp³-hybridized carbons (Fsp3) is 0.235. The fourth-order valence-corrected chi connectivity index (χ4v) is 1.70. The van der Waals surface area contributed by atoms with Gasteiger partial charge in [-0.2, -0.15) is 0 Å². The lowest BCUT2D eigenvalue weighted by atomic mass is 10.3. The van der Waals surface area contributed by atoms with Gasteiger partial charge in [0.2, 0.25) is 5.91 Å². The Hall–Kier alpha value is -2.49. The molecule has 0 fully saturated rings. The molecule has 4 heteroatoms. The molecule has 1 N–H and O–H groups in total. The van der Waals surface area contributed by atoms with E-state index < -0.39 is 0 Å². The number of carbonyl (C=O) groups excluding carboxylic acids is 1. The Balaban J connectivity index is 1.83. The van der Waals surface area contributed by atoms with Gasteiger partial charge in [0.05, 0.1) is 12.9 Å². The summed E-state index contributed by atoms with van der Waals surface area (Å²) >= 11 is 0. The minimum absolute atomic E-state index is 0.203. The van der Waals surface area contributed by atoms with Crippen molar-refractivity contribution in [3.05, 3.63) is 54.5 Å². The Bertz CT molecular complexity index is 571. The number of rotatable bonds is 7. The molecule has 0 unspecified atom stereocenters. The van der Waals surface area contributed by atoms with Crippen LogP contribution < -0.4 is 10.1 Å². The summed E-state index contributed by atoms with van der Waals surface area (Å²) in [6.07, 6.45) is 6.77. The van der Waals surface area contributed by atoms with Crippen LogP contribution in [0.3, 0.4) is 0 Å². The van der Waals surface area contributed by atoms with Crippen LogP contribution in [-0.2, 0) is 4.79 Å². The van der Waals surface area contributed by atoms with E-state index in [2.05, 4.69) is 12.2 Å². The van der Waals surface area contributed by atoms with Crippen molar-refractivity contribution in [3.8, 4) is 5.75 Å². The van der Waals surface area contributed by atoms with Crippen LogP contribution in [-0.4, -0.2) is 12.5 Å². The Labute approximate surface area is 124 Å². The molecule has 21 heavy (non-hydrogen) atoms. The minimum atomic E-state index is -0.203. The standard InChI is InChI=1S/C17H19NO3/c1-2-3-12-20-16-8-6-14(7-9-16)18-17(19)11-10-15-5-4-13-21-15/h4-11,13H,2-3,12H2,1H3,(H,18,19)/b11-10+. The van der Waals surface area contributed by atoms with E-state index in [-0.39, 0.29) is 5.91 Å². The maximum Gasteiger partial charge on any atom is 0.248 e. The molecule has 2 rings (SSSR count). The van der Waals surface area contributed by atoms with E-state index in [1.165, 1.54) is 6.08 Å². The van der Waals surface area contributed by atoms with Crippen molar-refractivity contribution in [1.29, 1.82) is 0 Å². The molecule has 0 saturated carbocycles. The van der Waals surface area contributed by atoms with Crippen molar-refractivity contribution < 1.29 is 13.9 Å². The normalized spacial score (nSPS) is 10.7. The van der Waals surface area contributed by atoms with Crippen LogP contribution >= 0.6 is 0 Å². The van der Waals surface area contributed by atoms with Crippen molar-refractivity contribution in [2.45, 2.75) is 19.8 Å². The van der Waals surface area contributed by atoms with E-state index in [1.807, 2.05) is 24.3 Å². The maximum atomic E-state index is 11.7. The van der Waals surface area contributed by atoms with Gasteiger partial charge in [-0.05, 0) is 48.9 Å². The highest BCUT2D eigenvalue weighted by atomic mass is 16.5. The molecular formula is C17H19NO3. The van der Waals surface area contributed by atoms with Crippen LogP contribution in [0.2, 0.25) is 0 Å². The van der Waals surface area contributed by atoms with Crippen LogP contribution in [0, 0.1) is 0 Å². The molecule has 1 aromatic heterocycles. The van der Waals surface area contributed by atoms with Crippen molar-refractivity contribution in [3.63, 3.8) is 0 Å². The predicted octanol–water partition coefficient (Wildman–Crippen LogP) is 4.11. The van der Waals surface area contributed by atoms with Gasteiger partial charge in [0.25, 0.3) is 0 Å². The molecule has 0 bridgehead atoms. The zero-order valence-corrected chi connectivity index (χ0v) is 12.0. The number of anilines is 1. The molecule has 2 aromatic rings. The zero-order chi connectivity index (χ0) is 14.9. The number of nitrogens with one attached hydrogen (secondary N) is 1. The summed E-state index contributed by atoms with van der Waals surface area (Å²) in [5.74, 6) is 1.25. The average Bonchev–Trinajstić information content (AvgIpc) is 3.01. The lowest BCUT2D eigenvalue weighted by molar-refractivity contribution is -0.111. The third-order valence-corrected chi connectivity index (χ3v) is 2.83. The van der Waals surface area contributed by atoms with E-state index in [4.69, 9.17) is 9.15 Å². The van der Waals surface area contributed by atoms with Gasteiger partial charge in [-0.1, -0.05) is 13.3 Å². The highest BCUT2D eigenvalue weighted by molar-refractivity contribution is 6.01. The number of ether oxygens (including phenoxy) is 1. The summed E-state index contributed by atoms with van der Waals surface area (Å²) in [4.78, 5) is 11.7. The molecule has 0 aliphatic rings. The minimum Gasteiger partial charge on any atom is -0.494 e. The van der Waals surface area contributed by atoms with E-state index in [0.717, 1.165) is 24.3 Å². The molecule has 1 heterocycles. The highest BCUT2D eigenvalue weighted by Gasteiger charge is 1.99. The van der Waals surface area contributed by atoms with E-state index in [1.54, 1.807) is 24.5 Å². The first kappa shape index (κ1) is 14.9. The second kappa shape index (κ2) is 7.94. The van der Waals surface area contributed by atoms with Gasteiger partial charge < -0.3 is 14.5 Å². The van der Waals surface area contributed by atoms with Gasteiger partial charge in [0, 0.05) is 11.8 Å². The average molecular weight is 285 g/mol. The van der Waals surface area contributed by atoms with E-state index in [9.17, 15) is 4.79 Å². The van der Waals surface area contributed by atoms with Crippen molar-refractivity contribution in [2.75, 3.05) is 11.9 Å². The molecule has 0 aliphatic carbocycles. The number of amides is 1. The third-order valence-electron chi connectivity index (χ3n) is 2.83. The Morgan fingerprint density at radius 3 is 2.76 bits per heavy atom. The molecular weight excluding hydrogens is 266 g/mol. The van der Waals surface area contributed by atoms with Crippen LogP contribution in [0.5, 0.6) is 5.75 Å². The number of furan rings is 1. The number of carbonyl (C=O) groups is 1. The molecule has 110 valence electrons. The third kappa shape index (κ3) is 5.18. The van der Waals surface area contributed by atoms with E-state index in [0.29, 0.717) is 12.4 Å². The van der Waals surface area contributed by atoms with E-state index >= 15 is 0 Å². The Morgan fingerprint density at radius 2 is 2.10 bits per heavy atom. The summed E-state index contributed by atoms with van der Waals surface area (Å²) in [6, 6.07) is 10.9. The van der Waals surface area contributed by atoms with Gasteiger partial charge >= 0.3 is 0 Å². The second-order valence-corrected chi connectivity index (χ2v) is 4.56. The lowest BCUT2D eigenvalue weighted by Crippen LogP contribution is -2.07. The topological polar surface area (TPSA) is 51.5 Å². The molecule has 0 saturated heterocycles. The number of hydrogen-bond acceptors (Lipinski definition) is 3. The second-order valence-electron chi connectivity index (χ2n) is 4.56. The predicted molar refractivity (Wildman–Crippen MR) is 83.2 cm³/mol. The maximum absolute atomic E-state index is 11.7. The summed E-state index contributed by atoms with van der Waals surface area (Å²) in [5.41, 5.74) is 0.729. The molecule has 4 nitrogen and oxygen atoms in total. The van der Waals surface area contributed by atoms with Crippen LogP contribution in [0.25, 0.3) is 6.08 Å². The van der Waals surface area contributed by atoms with Gasteiger partial charge in [0.1, 0.15) is 11.5 Å². The number of benzene rings is 1. The van der Waals surface area contributed by atoms with Gasteiger partial charge in [-0.25, -0.2) is 0 Å². The van der Waals surface area contributed by atoms with Crippen LogP contribution in [0.4, 0.5) is 5.69 Å². The SMILES string of the molecule is CCCCOc1ccc(NC(=O)/C=C/c2ccco2)cc1. The highest BCUT2D eigenvalue weighted by Crippen LogP contribution is 2.16. The molecule has 0 spiro atoms. The molecule has 0 atom stereocenters. The summed E-state index contributed by atoms with van der Waals surface area (Å²) in [6.45, 7) is 2.84. The molecule has 0 radical (unpaired) electrons. The molecule has 1 aromatic carbocycles. The summed E-state index contributed by atoms with van der Waals surface area (Å²) in [7, 11) is 0. The van der Waals surface area contributed by atoms with Crippen molar-refractivity contribution >= 4 is 17.7 Å². The summed E-state index contributed by atoms with van der Waals surface area (Å²) < 4.78 is 10.7. The quantitative estimate of drug-likeness (QED) is 0.615. The Kier molecular flexibility index (Phi) is 5.64.